The molecule has 8 nitrogen and oxygen atoms in total. The Morgan fingerprint density at radius 2 is 2.03 bits per heavy atom. The quantitative estimate of drug-likeness (QED) is 0.452. The summed E-state index contributed by atoms with van der Waals surface area (Å²) >= 11 is 0. The van der Waals surface area contributed by atoms with E-state index in [0.29, 0.717) is 30.2 Å². The third-order valence-electron chi connectivity index (χ3n) is 6.44. The Bertz CT molecular complexity index is 1470. The van der Waals surface area contributed by atoms with Crippen LogP contribution in [0.2, 0.25) is 0 Å². The highest BCUT2D eigenvalue weighted by Gasteiger charge is 2.34. The topological polar surface area (TPSA) is 99.1 Å². The molecule has 0 fully saturated rings. The molecule has 0 bridgehead atoms. The lowest BCUT2D eigenvalue weighted by atomic mass is 9.86. The smallest absolute Gasteiger partial charge is 0.306 e. The van der Waals surface area contributed by atoms with Crippen LogP contribution in [-0.2, 0) is 22.5 Å². The van der Waals surface area contributed by atoms with Gasteiger partial charge < -0.3 is 19.0 Å². The molecule has 1 N–H and O–H groups in total. The van der Waals surface area contributed by atoms with Gasteiger partial charge in [0.2, 0.25) is 5.88 Å². The van der Waals surface area contributed by atoms with Crippen LogP contribution in [0.1, 0.15) is 46.0 Å². The molecule has 1 aromatic carbocycles. The van der Waals surface area contributed by atoms with E-state index in [-0.39, 0.29) is 12.0 Å². The van der Waals surface area contributed by atoms with Crippen LogP contribution >= 0.6 is 0 Å². The SMILES string of the molecule is COC(=O)C[C@H]1c2cc3cc(C)cc(C)c3nc2Oc2cc(C)n(CCc3cnc[nH]3)c(=O)c21. The number of benzene rings is 1. The van der Waals surface area contributed by atoms with Crippen molar-refractivity contribution >= 4 is 16.9 Å². The molecule has 0 saturated heterocycles. The second-order valence-corrected chi connectivity index (χ2v) is 8.82. The number of ether oxygens (including phenoxy) is 2. The fourth-order valence-electron chi connectivity index (χ4n) is 4.80. The number of pyridine rings is 2. The Hall–Kier alpha value is -3.94. The van der Waals surface area contributed by atoms with Crippen LogP contribution in [-0.4, -0.2) is 32.6 Å². The number of imidazole rings is 1. The second kappa shape index (κ2) is 8.44. The average Bonchev–Trinajstić information content (AvgIpc) is 3.31. The minimum atomic E-state index is -0.518. The molecule has 1 aliphatic rings. The molecule has 0 amide bonds. The van der Waals surface area contributed by atoms with E-state index in [0.717, 1.165) is 39.0 Å². The molecule has 5 rings (SSSR count). The maximum atomic E-state index is 13.7. The summed E-state index contributed by atoms with van der Waals surface area (Å²) in [6.45, 7) is 6.40. The molecular weight excluding hydrogens is 432 g/mol. The van der Waals surface area contributed by atoms with Gasteiger partial charge in [-0.1, -0.05) is 11.6 Å². The van der Waals surface area contributed by atoms with Crippen LogP contribution in [0.4, 0.5) is 0 Å². The normalized spacial score (nSPS) is 14.4. The summed E-state index contributed by atoms with van der Waals surface area (Å²) in [5.41, 5.74) is 5.72. The number of esters is 1. The van der Waals surface area contributed by atoms with Gasteiger partial charge in [-0.15, -0.1) is 0 Å². The molecule has 174 valence electrons. The highest BCUT2D eigenvalue weighted by atomic mass is 16.5. The summed E-state index contributed by atoms with van der Waals surface area (Å²) in [6, 6.07) is 7.97. The number of nitrogens with one attached hydrogen (secondary N) is 1. The standard InChI is InChI=1S/C26H26N4O4/c1-14-7-15(2)24-17(8-14)10-20-19(11-22(31)33-4)23-21(34-25(20)29-24)9-16(3)30(26(23)32)6-5-18-12-27-13-28-18/h7-10,12-13,19H,5-6,11H2,1-4H3,(H,27,28)/t19-/m0/s1. The molecule has 4 aromatic rings. The molecule has 1 aliphatic heterocycles. The first-order chi connectivity index (χ1) is 16.4. The number of rotatable bonds is 5. The van der Waals surface area contributed by atoms with Gasteiger partial charge in [0.05, 0.1) is 30.9 Å². The number of carbonyl (C=O) groups is 1. The van der Waals surface area contributed by atoms with Crippen molar-refractivity contribution in [2.24, 2.45) is 0 Å². The van der Waals surface area contributed by atoms with Crippen molar-refractivity contribution in [3.8, 4) is 11.6 Å². The van der Waals surface area contributed by atoms with Crippen molar-refractivity contribution in [3.05, 3.63) is 80.8 Å². The molecule has 8 heteroatoms. The van der Waals surface area contributed by atoms with E-state index in [9.17, 15) is 9.59 Å². The molecule has 34 heavy (non-hydrogen) atoms. The zero-order chi connectivity index (χ0) is 24.0. The summed E-state index contributed by atoms with van der Waals surface area (Å²) in [5.74, 6) is -0.0445. The summed E-state index contributed by atoms with van der Waals surface area (Å²) in [4.78, 5) is 38.1. The van der Waals surface area contributed by atoms with Crippen molar-refractivity contribution in [1.82, 2.24) is 19.5 Å². The number of aromatic nitrogens is 4. The van der Waals surface area contributed by atoms with Gasteiger partial charge in [0, 0.05) is 53.5 Å². The van der Waals surface area contributed by atoms with Gasteiger partial charge in [-0.3, -0.25) is 9.59 Å². The molecule has 0 aliphatic carbocycles. The first-order valence-corrected chi connectivity index (χ1v) is 11.2. The number of H-pyrrole nitrogens is 1. The third-order valence-corrected chi connectivity index (χ3v) is 6.44. The van der Waals surface area contributed by atoms with Crippen LogP contribution in [0.3, 0.4) is 0 Å². The van der Waals surface area contributed by atoms with Gasteiger partial charge in [-0.2, -0.15) is 0 Å². The molecule has 1 atom stereocenters. The van der Waals surface area contributed by atoms with Crippen molar-refractivity contribution in [2.45, 2.75) is 46.1 Å². The number of methoxy groups -OCH3 is 1. The van der Waals surface area contributed by atoms with Crippen LogP contribution in [0.25, 0.3) is 10.9 Å². The van der Waals surface area contributed by atoms with E-state index in [1.807, 2.05) is 32.9 Å². The number of hydrogen-bond donors (Lipinski definition) is 1. The van der Waals surface area contributed by atoms with E-state index < -0.39 is 11.9 Å². The highest BCUT2D eigenvalue weighted by molar-refractivity contribution is 5.85. The lowest BCUT2D eigenvalue weighted by Gasteiger charge is -2.28. The largest absolute Gasteiger partial charge is 0.469 e. The molecule has 0 spiro atoms. The number of hydrogen-bond acceptors (Lipinski definition) is 6. The van der Waals surface area contributed by atoms with E-state index in [1.54, 1.807) is 17.1 Å². The van der Waals surface area contributed by atoms with E-state index in [1.165, 1.54) is 7.11 Å². The maximum absolute atomic E-state index is 13.7. The highest BCUT2D eigenvalue weighted by Crippen LogP contribution is 2.45. The van der Waals surface area contributed by atoms with Crippen molar-refractivity contribution in [3.63, 3.8) is 0 Å². The van der Waals surface area contributed by atoms with Crippen LogP contribution in [0.15, 0.2) is 41.6 Å². The lowest BCUT2D eigenvalue weighted by molar-refractivity contribution is -0.140. The predicted octanol–water partition coefficient (Wildman–Crippen LogP) is 4.09. The van der Waals surface area contributed by atoms with Crippen molar-refractivity contribution in [1.29, 1.82) is 0 Å². The predicted molar refractivity (Wildman–Crippen MR) is 127 cm³/mol. The van der Waals surface area contributed by atoms with E-state index in [4.69, 9.17) is 14.5 Å². The Labute approximate surface area is 196 Å². The van der Waals surface area contributed by atoms with Gasteiger partial charge in [-0.05, 0) is 38.5 Å². The van der Waals surface area contributed by atoms with E-state index in [2.05, 4.69) is 22.1 Å². The first kappa shape index (κ1) is 21.9. The molecule has 4 heterocycles. The van der Waals surface area contributed by atoms with Crippen molar-refractivity contribution < 1.29 is 14.3 Å². The second-order valence-electron chi connectivity index (χ2n) is 8.82. The van der Waals surface area contributed by atoms with Gasteiger partial charge in [0.25, 0.3) is 5.56 Å². The van der Waals surface area contributed by atoms with Gasteiger partial charge in [0.1, 0.15) is 5.75 Å². The number of nitrogens with zero attached hydrogens (tertiary/aromatic N) is 3. The molecule has 0 radical (unpaired) electrons. The molecule has 3 aromatic heterocycles. The number of aryl methyl sites for hydroxylation is 4. The summed E-state index contributed by atoms with van der Waals surface area (Å²) in [7, 11) is 1.35. The lowest BCUT2D eigenvalue weighted by Crippen LogP contribution is -2.31. The Kier molecular flexibility index (Phi) is 5.43. The Morgan fingerprint density at radius 1 is 1.21 bits per heavy atom. The number of carbonyl (C=O) groups excluding carboxylic acids is 1. The molecule has 0 saturated carbocycles. The summed E-state index contributed by atoms with van der Waals surface area (Å²) < 4.78 is 12.9. The maximum Gasteiger partial charge on any atom is 0.306 e. The Morgan fingerprint density at radius 3 is 2.76 bits per heavy atom. The summed E-state index contributed by atoms with van der Waals surface area (Å²) in [5, 5.41) is 0.949. The van der Waals surface area contributed by atoms with Crippen LogP contribution in [0.5, 0.6) is 11.6 Å². The Balaban J connectivity index is 1.66. The summed E-state index contributed by atoms with van der Waals surface area (Å²) in [6.07, 6.45) is 4.02. The number of aromatic amines is 1. The molecular formula is C26H26N4O4. The fourth-order valence-corrected chi connectivity index (χ4v) is 4.80. The molecule has 0 unspecified atom stereocenters. The van der Waals surface area contributed by atoms with Crippen LogP contribution in [0, 0.1) is 20.8 Å². The van der Waals surface area contributed by atoms with Crippen molar-refractivity contribution in [2.75, 3.05) is 7.11 Å². The van der Waals surface area contributed by atoms with E-state index >= 15 is 0 Å². The first-order valence-electron chi connectivity index (χ1n) is 11.2. The average molecular weight is 459 g/mol. The minimum Gasteiger partial charge on any atom is -0.469 e. The fraction of sp³-hybridized carbons (Fsp3) is 0.308. The van der Waals surface area contributed by atoms with Gasteiger partial charge in [0.15, 0.2) is 0 Å². The van der Waals surface area contributed by atoms with Crippen LogP contribution < -0.4 is 10.3 Å². The number of fused-ring (bicyclic) bond motifs is 3. The minimum absolute atomic E-state index is 0.0245. The van der Waals surface area contributed by atoms with Gasteiger partial charge in [-0.25, -0.2) is 9.97 Å². The third kappa shape index (κ3) is 3.75. The zero-order valence-corrected chi connectivity index (χ0v) is 19.6. The zero-order valence-electron chi connectivity index (χ0n) is 19.6. The monoisotopic (exact) mass is 458 g/mol. The van der Waals surface area contributed by atoms with Gasteiger partial charge >= 0.3 is 5.97 Å².